The highest BCUT2D eigenvalue weighted by Gasteiger charge is 2.20. The van der Waals surface area contributed by atoms with E-state index in [1.165, 1.54) is 0 Å². The van der Waals surface area contributed by atoms with Crippen molar-refractivity contribution in [2.24, 2.45) is 0 Å². The number of hydrogen-bond acceptors (Lipinski definition) is 4. The SMILES string of the molecule is COCc1cccc(NC(=O)CN(c2ccc(I)cc2)S(C)(=O)=O)c1. The number of nitrogens with zero attached hydrogens (tertiary/aromatic N) is 1. The number of benzene rings is 2. The molecule has 0 aliphatic heterocycles. The molecule has 0 spiro atoms. The van der Waals surface area contributed by atoms with Crippen molar-refractivity contribution >= 4 is 49.9 Å². The molecule has 25 heavy (non-hydrogen) atoms. The van der Waals surface area contributed by atoms with Crippen LogP contribution in [0.1, 0.15) is 5.56 Å². The summed E-state index contributed by atoms with van der Waals surface area (Å²) in [5, 5.41) is 2.72. The highest BCUT2D eigenvalue weighted by molar-refractivity contribution is 14.1. The molecular formula is C17H19IN2O4S. The van der Waals surface area contributed by atoms with Crippen molar-refractivity contribution in [3.05, 3.63) is 57.7 Å². The lowest BCUT2D eigenvalue weighted by molar-refractivity contribution is -0.114. The first-order valence-corrected chi connectivity index (χ1v) is 10.3. The Kier molecular flexibility index (Phi) is 6.79. The van der Waals surface area contributed by atoms with Crippen LogP contribution in [0.25, 0.3) is 0 Å². The van der Waals surface area contributed by atoms with Gasteiger partial charge in [-0.2, -0.15) is 0 Å². The summed E-state index contributed by atoms with van der Waals surface area (Å²) in [6, 6.07) is 14.2. The number of anilines is 2. The zero-order chi connectivity index (χ0) is 18.4. The van der Waals surface area contributed by atoms with Crippen molar-refractivity contribution in [1.29, 1.82) is 0 Å². The molecule has 134 valence electrons. The number of ether oxygens (including phenoxy) is 1. The lowest BCUT2D eigenvalue weighted by Crippen LogP contribution is -2.37. The summed E-state index contributed by atoms with van der Waals surface area (Å²) in [5.74, 6) is -0.418. The van der Waals surface area contributed by atoms with Gasteiger partial charge in [-0.25, -0.2) is 8.42 Å². The largest absolute Gasteiger partial charge is 0.380 e. The number of methoxy groups -OCH3 is 1. The van der Waals surface area contributed by atoms with Gasteiger partial charge in [0.25, 0.3) is 0 Å². The van der Waals surface area contributed by atoms with Gasteiger partial charge in [0, 0.05) is 16.4 Å². The number of carbonyl (C=O) groups is 1. The maximum atomic E-state index is 12.3. The summed E-state index contributed by atoms with van der Waals surface area (Å²) in [6.45, 7) is 0.135. The van der Waals surface area contributed by atoms with E-state index in [1.807, 2.05) is 6.07 Å². The molecule has 6 nitrogen and oxygen atoms in total. The highest BCUT2D eigenvalue weighted by Crippen LogP contribution is 2.19. The fourth-order valence-electron chi connectivity index (χ4n) is 2.24. The Morgan fingerprint density at radius 2 is 1.88 bits per heavy atom. The Hall–Kier alpha value is -1.65. The molecule has 0 atom stereocenters. The molecule has 2 aromatic rings. The van der Waals surface area contributed by atoms with Gasteiger partial charge < -0.3 is 10.1 Å². The first-order chi connectivity index (χ1) is 11.8. The predicted octanol–water partition coefficient (Wildman–Crippen LogP) is 2.84. The van der Waals surface area contributed by atoms with E-state index in [4.69, 9.17) is 4.74 Å². The van der Waals surface area contributed by atoms with E-state index in [1.54, 1.807) is 49.6 Å². The van der Waals surface area contributed by atoms with Crippen LogP contribution < -0.4 is 9.62 Å². The van der Waals surface area contributed by atoms with Gasteiger partial charge in [0.1, 0.15) is 6.54 Å². The molecule has 0 fully saturated rings. The van der Waals surface area contributed by atoms with Crippen LogP contribution in [-0.2, 0) is 26.2 Å². The molecule has 0 aromatic heterocycles. The lowest BCUT2D eigenvalue weighted by Gasteiger charge is -2.22. The van der Waals surface area contributed by atoms with Crippen molar-refractivity contribution in [1.82, 2.24) is 0 Å². The van der Waals surface area contributed by atoms with E-state index in [0.29, 0.717) is 18.0 Å². The van der Waals surface area contributed by atoms with E-state index in [-0.39, 0.29) is 6.54 Å². The zero-order valence-electron chi connectivity index (χ0n) is 13.9. The number of rotatable bonds is 7. The van der Waals surface area contributed by atoms with Crippen LogP contribution in [0.15, 0.2) is 48.5 Å². The monoisotopic (exact) mass is 474 g/mol. The Morgan fingerprint density at radius 3 is 2.48 bits per heavy atom. The first-order valence-electron chi connectivity index (χ1n) is 7.40. The second-order valence-corrected chi connectivity index (χ2v) is 8.58. The summed E-state index contributed by atoms with van der Waals surface area (Å²) in [4.78, 5) is 12.3. The van der Waals surface area contributed by atoms with Gasteiger partial charge in [-0.3, -0.25) is 9.10 Å². The van der Waals surface area contributed by atoms with Crippen LogP contribution in [-0.4, -0.2) is 34.2 Å². The molecule has 0 unspecified atom stereocenters. The summed E-state index contributed by atoms with van der Waals surface area (Å²) in [5.41, 5.74) is 1.96. The maximum Gasteiger partial charge on any atom is 0.245 e. The molecule has 8 heteroatoms. The molecule has 2 rings (SSSR count). The highest BCUT2D eigenvalue weighted by atomic mass is 127. The average molecular weight is 474 g/mol. The van der Waals surface area contributed by atoms with Crippen LogP contribution in [0.4, 0.5) is 11.4 Å². The van der Waals surface area contributed by atoms with Crippen molar-refractivity contribution in [3.8, 4) is 0 Å². The minimum Gasteiger partial charge on any atom is -0.380 e. The van der Waals surface area contributed by atoms with Crippen LogP contribution in [0.3, 0.4) is 0 Å². The third-order valence-electron chi connectivity index (χ3n) is 3.32. The average Bonchev–Trinajstić information content (AvgIpc) is 2.53. The molecule has 1 N–H and O–H groups in total. The zero-order valence-corrected chi connectivity index (χ0v) is 16.9. The number of nitrogens with one attached hydrogen (secondary N) is 1. The molecule has 0 bridgehead atoms. The Bertz CT molecular complexity index is 838. The van der Waals surface area contributed by atoms with Gasteiger partial charge in [-0.15, -0.1) is 0 Å². The molecule has 2 aromatic carbocycles. The van der Waals surface area contributed by atoms with Gasteiger partial charge in [0.05, 0.1) is 18.6 Å². The molecule has 1 amide bonds. The lowest BCUT2D eigenvalue weighted by atomic mass is 10.2. The standard InChI is InChI=1S/C17H19IN2O4S/c1-24-12-13-4-3-5-15(10-13)19-17(21)11-20(25(2,22)23)16-8-6-14(18)7-9-16/h3-10H,11-12H2,1-2H3,(H,19,21). The predicted molar refractivity (Wildman–Crippen MR) is 107 cm³/mol. The van der Waals surface area contributed by atoms with E-state index >= 15 is 0 Å². The second-order valence-electron chi connectivity index (χ2n) is 5.43. The molecule has 0 saturated carbocycles. The molecular weight excluding hydrogens is 455 g/mol. The minimum atomic E-state index is -3.58. The second kappa shape index (κ2) is 8.63. The van der Waals surface area contributed by atoms with Crippen LogP contribution in [0.2, 0.25) is 0 Å². The molecule has 0 radical (unpaired) electrons. The van der Waals surface area contributed by atoms with Crippen LogP contribution in [0.5, 0.6) is 0 Å². The third kappa shape index (κ3) is 5.98. The smallest absolute Gasteiger partial charge is 0.245 e. The maximum absolute atomic E-state index is 12.3. The molecule has 0 saturated heterocycles. The number of halogens is 1. The summed E-state index contributed by atoms with van der Waals surface area (Å²) < 4.78 is 31.3. The van der Waals surface area contributed by atoms with E-state index in [0.717, 1.165) is 19.7 Å². The summed E-state index contributed by atoms with van der Waals surface area (Å²) >= 11 is 2.13. The number of amides is 1. The molecule has 0 aliphatic rings. The number of carbonyl (C=O) groups excluding carboxylic acids is 1. The van der Waals surface area contributed by atoms with E-state index < -0.39 is 15.9 Å². The van der Waals surface area contributed by atoms with Crippen LogP contribution >= 0.6 is 22.6 Å². The summed E-state index contributed by atoms with van der Waals surface area (Å²) in [6.07, 6.45) is 1.08. The topological polar surface area (TPSA) is 75.7 Å². The van der Waals surface area contributed by atoms with Crippen LogP contribution in [0, 0.1) is 3.57 Å². The number of hydrogen-bond donors (Lipinski definition) is 1. The van der Waals surface area contributed by atoms with E-state index in [2.05, 4.69) is 27.9 Å². The Labute approximate surface area is 161 Å². The van der Waals surface area contributed by atoms with Gasteiger partial charge in [-0.05, 0) is 64.6 Å². The third-order valence-corrected chi connectivity index (χ3v) is 5.18. The van der Waals surface area contributed by atoms with Crippen molar-refractivity contribution in [2.75, 3.05) is 29.5 Å². The fraction of sp³-hybridized carbons (Fsp3) is 0.235. The van der Waals surface area contributed by atoms with Crippen molar-refractivity contribution < 1.29 is 17.9 Å². The van der Waals surface area contributed by atoms with Crippen molar-refractivity contribution in [3.63, 3.8) is 0 Å². The molecule has 0 heterocycles. The first kappa shape index (κ1) is 19.7. The number of sulfonamides is 1. The quantitative estimate of drug-likeness (QED) is 0.627. The minimum absolute atomic E-state index is 0.298. The normalized spacial score (nSPS) is 11.2. The Balaban J connectivity index is 2.15. The van der Waals surface area contributed by atoms with Gasteiger partial charge in [0.2, 0.25) is 15.9 Å². The van der Waals surface area contributed by atoms with Gasteiger partial charge in [-0.1, -0.05) is 12.1 Å². The van der Waals surface area contributed by atoms with Gasteiger partial charge >= 0.3 is 0 Å². The van der Waals surface area contributed by atoms with Gasteiger partial charge in [0.15, 0.2) is 0 Å². The van der Waals surface area contributed by atoms with E-state index in [9.17, 15) is 13.2 Å². The van der Waals surface area contributed by atoms with Crippen molar-refractivity contribution in [2.45, 2.75) is 6.61 Å². The Morgan fingerprint density at radius 1 is 1.20 bits per heavy atom. The summed E-state index contributed by atoms with van der Waals surface area (Å²) in [7, 11) is -1.99. The fourth-order valence-corrected chi connectivity index (χ4v) is 3.46. The molecule has 0 aliphatic carbocycles.